The summed E-state index contributed by atoms with van der Waals surface area (Å²) in [7, 11) is 1.65. The number of rotatable bonds is 5. The van der Waals surface area contributed by atoms with Crippen molar-refractivity contribution in [3.8, 4) is 17.0 Å². The molecule has 3 aromatic rings. The van der Waals surface area contributed by atoms with Crippen molar-refractivity contribution in [1.82, 2.24) is 20.4 Å². The Bertz CT molecular complexity index is 775. The smallest absolute Gasteiger partial charge is 0.148 e. The van der Waals surface area contributed by atoms with Crippen LogP contribution >= 0.6 is 0 Å². The Morgan fingerprint density at radius 2 is 1.91 bits per heavy atom. The molecule has 1 aromatic carbocycles. The zero-order chi connectivity index (χ0) is 16.2. The van der Waals surface area contributed by atoms with Crippen LogP contribution in [0.2, 0.25) is 0 Å². The molecule has 0 saturated carbocycles. The largest absolute Gasteiger partial charge is 0.496 e. The lowest BCUT2D eigenvalue weighted by Crippen LogP contribution is -2.04. The topological polar surface area (TPSA) is 75.7 Å². The van der Waals surface area contributed by atoms with E-state index >= 15 is 0 Å². The number of H-pyrrole nitrogens is 1. The first kappa shape index (κ1) is 15.0. The van der Waals surface area contributed by atoms with Crippen LogP contribution in [-0.2, 0) is 6.54 Å². The molecule has 0 amide bonds. The number of hydrogen-bond acceptors (Lipinski definition) is 5. The van der Waals surface area contributed by atoms with Gasteiger partial charge in [-0.25, -0.2) is 0 Å². The number of methoxy groups -OCH3 is 1. The van der Waals surface area contributed by atoms with Crippen LogP contribution in [0.15, 0.2) is 36.4 Å². The van der Waals surface area contributed by atoms with Crippen LogP contribution in [0.25, 0.3) is 11.3 Å². The fourth-order valence-corrected chi connectivity index (χ4v) is 2.44. The zero-order valence-electron chi connectivity index (χ0n) is 13.4. The molecule has 0 unspecified atom stereocenters. The third-order valence-corrected chi connectivity index (χ3v) is 3.77. The van der Waals surface area contributed by atoms with Gasteiger partial charge in [0.05, 0.1) is 18.5 Å². The summed E-state index contributed by atoms with van der Waals surface area (Å²) < 4.78 is 5.36. The van der Waals surface area contributed by atoms with E-state index in [-0.39, 0.29) is 0 Å². The van der Waals surface area contributed by atoms with E-state index in [0.29, 0.717) is 6.54 Å². The van der Waals surface area contributed by atoms with E-state index in [0.717, 1.165) is 39.8 Å². The lowest BCUT2D eigenvalue weighted by molar-refractivity contribution is 0.416. The van der Waals surface area contributed by atoms with E-state index in [1.165, 1.54) is 0 Å². The summed E-state index contributed by atoms with van der Waals surface area (Å²) in [6.07, 6.45) is 0. The third kappa shape index (κ3) is 3.15. The minimum absolute atomic E-state index is 0.664. The highest BCUT2D eigenvalue weighted by molar-refractivity contribution is 5.67. The van der Waals surface area contributed by atoms with Gasteiger partial charge >= 0.3 is 0 Å². The molecule has 0 aliphatic rings. The molecule has 0 aliphatic heterocycles. The fourth-order valence-electron chi connectivity index (χ4n) is 2.44. The molecule has 6 heteroatoms. The van der Waals surface area contributed by atoms with Gasteiger partial charge in [-0.05, 0) is 38.1 Å². The van der Waals surface area contributed by atoms with Gasteiger partial charge in [0.1, 0.15) is 11.6 Å². The van der Waals surface area contributed by atoms with Crippen LogP contribution in [0.1, 0.15) is 17.0 Å². The van der Waals surface area contributed by atoms with Gasteiger partial charge in [-0.3, -0.25) is 5.10 Å². The average Bonchev–Trinajstić information content (AvgIpc) is 2.92. The Balaban J connectivity index is 1.75. The van der Waals surface area contributed by atoms with Crippen LogP contribution < -0.4 is 10.1 Å². The van der Waals surface area contributed by atoms with Gasteiger partial charge in [0, 0.05) is 23.4 Å². The number of aryl methyl sites for hydroxylation is 2. The fraction of sp³-hybridized carbons (Fsp3) is 0.235. The van der Waals surface area contributed by atoms with Crippen LogP contribution in [0, 0.1) is 13.8 Å². The third-order valence-electron chi connectivity index (χ3n) is 3.77. The molecule has 0 radical (unpaired) electrons. The van der Waals surface area contributed by atoms with Crippen molar-refractivity contribution < 1.29 is 4.74 Å². The molecule has 0 spiro atoms. The van der Waals surface area contributed by atoms with E-state index < -0.39 is 0 Å². The van der Waals surface area contributed by atoms with E-state index in [4.69, 9.17) is 4.74 Å². The van der Waals surface area contributed by atoms with Gasteiger partial charge in [0.15, 0.2) is 0 Å². The van der Waals surface area contributed by atoms with Gasteiger partial charge in [0.2, 0.25) is 0 Å². The summed E-state index contributed by atoms with van der Waals surface area (Å²) in [6, 6.07) is 11.6. The molecule has 0 aliphatic carbocycles. The maximum absolute atomic E-state index is 5.36. The minimum Gasteiger partial charge on any atom is -0.496 e. The predicted octanol–water partition coefficient (Wildman–Crippen LogP) is 3.10. The summed E-state index contributed by atoms with van der Waals surface area (Å²) in [4.78, 5) is 0. The van der Waals surface area contributed by atoms with E-state index in [1.54, 1.807) is 7.11 Å². The molecular weight excluding hydrogens is 290 g/mol. The second kappa shape index (κ2) is 6.48. The Hall–Kier alpha value is -2.89. The number of para-hydroxylation sites is 1. The quantitative estimate of drug-likeness (QED) is 0.757. The van der Waals surface area contributed by atoms with Gasteiger partial charge < -0.3 is 10.1 Å². The molecule has 0 bridgehead atoms. The van der Waals surface area contributed by atoms with Crippen LogP contribution in [0.4, 0.5) is 5.82 Å². The molecule has 118 valence electrons. The monoisotopic (exact) mass is 309 g/mol. The molecule has 2 aromatic heterocycles. The summed E-state index contributed by atoms with van der Waals surface area (Å²) in [5.41, 5.74) is 4.92. The maximum atomic E-state index is 5.36. The molecule has 6 nitrogen and oxygen atoms in total. The second-order valence-electron chi connectivity index (χ2n) is 5.27. The van der Waals surface area contributed by atoms with Gasteiger partial charge in [-0.1, -0.05) is 12.1 Å². The maximum Gasteiger partial charge on any atom is 0.148 e. The number of anilines is 1. The Morgan fingerprint density at radius 3 is 2.57 bits per heavy atom. The van der Waals surface area contributed by atoms with Crippen molar-refractivity contribution in [3.05, 3.63) is 53.3 Å². The van der Waals surface area contributed by atoms with Crippen molar-refractivity contribution in [2.45, 2.75) is 20.4 Å². The Kier molecular flexibility index (Phi) is 4.23. The second-order valence-corrected chi connectivity index (χ2v) is 5.27. The summed E-state index contributed by atoms with van der Waals surface area (Å²) >= 11 is 0. The number of aromatic amines is 1. The van der Waals surface area contributed by atoms with Gasteiger partial charge in [-0.15, -0.1) is 10.2 Å². The number of benzene rings is 1. The Labute approximate surface area is 134 Å². The Morgan fingerprint density at radius 1 is 1.09 bits per heavy atom. The van der Waals surface area contributed by atoms with Crippen LogP contribution in [-0.4, -0.2) is 27.5 Å². The van der Waals surface area contributed by atoms with Crippen LogP contribution in [0.5, 0.6) is 5.75 Å². The molecule has 3 rings (SSSR count). The van der Waals surface area contributed by atoms with Gasteiger partial charge in [0.25, 0.3) is 0 Å². The summed E-state index contributed by atoms with van der Waals surface area (Å²) in [6.45, 7) is 4.65. The molecule has 23 heavy (non-hydrogen) atoms. The van der Waals surface area contributed by atoms with Crippen molar-refractivity contribution in [2.24, 2.45) is 0 Å². The van der Waals surface area contributed by atoms with E-state index in [9.17, 15) is 0 Å². The SMILES string of the molecule is COc1ccccc1-c1ccc(NCc2c(C)n[nH]c2C)nn1. The van der Waals surface area contributed by atoms with E-state index in [1.807, 2.05) is 50.2 Å². The molecule has 2 heterocycles. The lowest BCUT2D eigenvalue weighted by atomic mass is 10.1. The molecule has 0 saturated heterocycles. The van der Waals surface area contributed by atoms with Crippen molar-refractivity contribution >= 4 is 5.82 Å². The molecular formula is C17H19N5O. The number of nitrogens with one attached hydrogen (secondary N) is 2. The minimum atomic E-state index is 0.664. The van der Waals surface area contributed by atoms with E-state index in [2.05, 4.69) is 25.7 Å². The standard InChI is InChI=1S/C17H19N5O/c1-11-14(12(2)20-19-11)10-18-17-9-8-15(21-22-17)13-6-4-5-7-16(13)23-3/h4-9H,10H2,1-3H3,(H,18,22)(H,19,20). The highest BCUT2D eigenvalue weighted by Gasteiger charge is 2.08. The molecule has 2 N–H and O–H groups in total. The average molecular weight is 309 g/mol. The first-order valence-electron chi connectivity index (χ1n) is 7.40. The molecule has 0 atom stereocenters. The summed E-state index contributed by atoms with van der Waals surface area (Å²) in [5.74, 6) is 1.51. The van der Waals surface area contributed by atoms with Crippen molar-refractivity contribution in [2.75, 3.05) is 12.4 Å². The summed E-state index contributed by atoms with van der Waals surface area (Å²) in [5, 5.41) is 19.0. The number of aromatic nitrogens is 4. The van der Waals surface area contributed by atoms with Gasteiger partial charge in [-0.2, -0.15) is 5.10 Å². The van der Waals surface area contributed by atoms with Crippen molar-refractivity contribution in [1.29, 1.82) is 0 Å². The lowest BCUT2D eigenvalue weighted by Gasteiger charge is -2.08. The normalized spacial score (nSPS) is 10.6. The van der Waals surface area contributed by atoms with Crippen LogP contribution in [0.3, 0.4) is 0 Å². The highest BCUT2D eigenvalue weighted by atomic mass is 16.5. The number of ether oxygens (including phenoxy) is 1. The highest BCUT2D eigenvalue weighted by Crippen LogP contribution is 2.27. The number of nitrogens with zero attached hydrogens (tertiary/aromatic N) is 3. The van der Waals surface area contributed by atoms with Crippen molar-refractivity contribution in [3.63, 3.8) is 0 Å². The zero-order valence-corrected chi connectivity index (χ0v) is 13.4. The predicted molar refractivity (Wildman–Crippen MR) is 89.4 cm³/mol. The first-order chi connectivity index (χ1) is 11.2. The number of hydrogen-bond donors (Lipinski definition) is 2. The molecule has 0 fully saturated rings. The first-order valence-corrected chi connectivity index (χ1v) is 7.40.